The van der Waals surface area contributed by atoms with E-state index >= 15 is 0 Å². The molecule has 0 atom stereocenters. The first-order chi connectivity index (χ1) is 6.24. The Hall–Kier alpha value is -0.340. The molecule has 0 N–H and O–H groups in total. The minimum atomic E-state index is 0.891. The van der Waals surface area contributed by atoms with Crippen LogP contribution in [0, 0.1) is 13.8 Å². The van der Waals surface area contributed by atoms with Crippen LogP contribution in [0.1, 0.15) is 28.2 Å². The van der Waals surface area contributed by atoms with Crippen LogP contribution in [0.3, 0.4) is 0 Å². The van der Waals surface area contributed by atoms with E-state index in [1.165, 1.54) is 34.6 Å². The van der Waals surface area contributed by atoms with Gasteiger partial charge in [-0.2, -0.15) is 0 Å². The molecule has 2 heteroatoms. The van der Waals surface area contributed by atoms with Crippen molar-refractivity contribution in [3.63, 3.8) is 0 Å². The van der Waals surface area contributed by atoms with Gasteiger partial charge >= 0.3 is 0 Å². The number of hydrogen-bond acceptors (Lipinski definition) is 2. The highest BCUT2D eigenvalue weighted by atomic mass is 32.1. The topological polar surface area (TPSA) is 9.23 Å². The van der Waals surface area contributed by atoms with Gasteiger partial charge in [0.25, 0.3) is 0 Å². The fraction of sp³-hybridized carbons (Fsp3) is 0.636. The van der Waals surface area contributed by atoms with E-state index in [0.717, 1.165) is 6.61 Å². The highest BCUT2D eigenvalue weighted by Gasteiger charge is 2.01. The van der Waals surface area contributed by atoms with Crippen LogP contribution in [0.5, 0.6) is 0 Å². The van der Waals surface area contributed by atoms with Gasteiger partial charge in [-0.15, -0.1) is 11.3 Å². The molecule has 0 aliphatic rings. The van der Waals surface area contributed by atoms with E-state index in [1.54, 1.807) is 7.11 Å². The summed E-state index contributed by atoms with van der Waals surface area (Å²) in [5.74, 6) is 0. The van der Waals surface area contributed by atoms with Crippen LogP contribution >= 0.6 is 11.3 Å². The lowest BCUT2D eigenvalue weighted by molar-refractivity contribution is 0.193. The molecule has 0 aliphatic heterocycles. The van der Waals surface area contributed by atoms with Gasteiger partial charge in [-0.3, -0.25) is 0 Å². The SMILES string of the molecule is COCCCCc1cc(C)sc1C. The standard InChI is InChI=1S/C11H18OS/c1-9-8-11(10(2)13-9)6-4-5-7-12-3/h8H,4-7H2,1-3H3. The van der Waals surface area contributed by atoms with E-state index in [2.05, 4.69) is 19.9 Å². The summed E-state index contributed by atoms with van der Waals surface area (Å²) in [6.07, 6.45) is 3.62. The van der Waals surface area contributed by atoms with Gasteiger partial charge in [0.05, 0.1) is 0 Å². The summed E-state index contributed by atoms with van der Waals surface area (Å²) in [5, 5.41) is 0. The first kappa shape index (κ1) is 10.7. The molecule has 0 fully saturated rings. The highest BCUT2D eigenvalue weighted by Crippen LogP contribution is 2.21. The molecule has 0 aromatic carbocycles. The quantitative estimate of drug-likeness (QED) is 0.659. The molecule has 1 aromatic heterocycles. The number of methoxy groups -OCH3 is 1. The molecule has 0 saturated heterocycles. The molecular weight excluding hydrogens is 180 g/mol. The van der Waals surface area contributed by atoms with Crippen LogP contribution in [0.15, 0.2) is 6.07 Å². The Bertz CT molecular complexity index is 253. The second kappa shape index (κ2) is 5.40. The lowest BCUT2D eigenvalue weighted by atomic mass is 10.1. The summed E-state index contributed by atoms with van der Waals surface area (Å²) >= 11 is 1.90. The van der Waals surface area contributed by atoms with E-state index in [4.69, 9.17) is 4.74 Å². The minimum Gasteiger partial charge on any atom is -0.385 e. The van der Waals surface area contributed by atoms with Crippen molar-refractivity contribution in [3.8, 4) is 0 Å². The van der Waals surface area contributed by atoms with Gasteiger partial charge in [0.1, 0.15) is 0 Å². The fourth-order valence-corrected chi connectivity index (χ4v) is 2.47. The van der Waals surface area contributed by atoms with Gasteiger partial charge in [0.15, 0.2) is 0 Å². The van der Waals surface area contributed by atoms with Crippen molar-refractivity contribution in [2.75, 3.05) is 13.7 Å². The lowest BCUT2D eigenvalue weighted by Gasteiger charge is -1.99. The normalized spacial score (nSPS) is 10.7. The van der Waals surface area contributed by atoms with Crippen molar-refractivity contribution in [1.29, 1.82) is 0 Å². The summed E-state index contributed by atoms with van der Waals surface area (Å²) < 4.78 is 5.02. The molecule has 0 spiro atoms. The van der Waals surface area contributed by atoms with Crippen LogP contribution < -0.4 is 0 Å². The smallest absolute Gasteiger partial charge is 0.0462 e. The van der Waals surface area contributed by atoms with Crippen molar-refractivity contribution in [2.24, 2.45) is 0 Å². The third-order valence-electron chi connectivity index (χ3n) is 2.19. The maximum Gasteiger partial charge on any atom is 0.0462 e. The van der Waals surface area contributed by atoms with E-state index in [0.29, 0.717) is 0 Å². The second-order valence-electron chi connectivity index (χ2n) is 3.39. The van der Waals surface area contributed by atoms with E-state index in [9.17, 15) is 0 Å². The monoisotopic (exact) mass is 198 g/mol. The molecule has 1 aromatic rings. The zero-order valence-corrected chi connectivity index (χ0v) is 9.54. The molecule has 0 unspecified atom stereocenters. The van der Waals surface area contributed by atoms with Gasteiger partial charge in [0, 0.05) is 23.5 Å². The first-order valence-corrected chi connectivity index (χ1v) is 5.60. The van der Waals surface area contributed by atoms with Crippen LogP contribution in [-0.4, -0.2) is 13.7 Å². The molecule has 1 heterocycles. The number of thiophene rings is 1. The molecule has 0 radical (unpaired) electrons. The van der Waals surface area contributed by atoms with Gasteiger partial charge in [-0.05, 0) is 44.7 Å². The van der Waals surface area contributed by atoms with E-state index in [-0.39, 0.29) is 0 Å². The third-order valence-corrected chi connectivity index (χ3v) is 3.20. The minimum absolute atomic E-state index is 0.891. The molecule has 1 nitrogen and oxygen atoms in total. The van der Waals surface area contributed by atoms with Gasteiger partial charge in [-0.25, -0.2) is 0 Å². The maximum atomic E-state index is 5.02. The predicted octanol–water partition coefficient (Wildman–Crippen LogP) is 3.33. The molecule has 74 valence electrons. The number of rotatable bonds is 5. The van der Waals surface area contributed by atoms with Crippen molar-refractivity contribution < 1.29 is 4.74 Å². The largest absolute Gasteiger partial charge is 0.385 e. The summed E-state index contributed by atoms with van der Waals surface area (Å²) in [6.45, 7) is 5.28. The molecule has 0 aliphatic carbocycles. The highest BCUT2D eigenvalue weighted by molar-refractivity contribution is 7.12. The average molecular weight is 198 g/mol. The first-order valence-electron chi connectivity index (χ1n) is 4.79. The zero-order chi connectivity index (χ0) is 9.68. The average Bonchev–Trinajstić information content (AvgIpc) is 2.39. The Labute approximate surface area is 84.7 Å². The number of aryl methyl sites for hydroxylation is 3. The Morgan fingerprint density at radius 1 is 1.31 bits per heavy atom. The predicted molar refractivity (Wildman–Crippen MR) is 58.6 cm³/mol. The van der Waals surface area contributed by atoms with Gasteiger partial charge in [0.2, 0.25) is 0 Å². The second-order valence-corrected chi connectivity index (χ2v) is 4.85. The van der Waals surface area contributed by atoms with Crippen LogP contribution in [0.25, 0.3) is 0 Å². The van der Waals surface area contributed by atoms with Crippen LogP contribution in [-0.2, 0) is 11.2 Å². The Balaban J connectivity index is 2.32. The molecular formula is C11H18OS. The Morgan fingerprint density at radius 3 is 2.62 bits per heavy atom. The van der Waals surface area contributed by atoms with Crippen LogP contribution in [0.2, 0.25) is 0 Å². The van der Waals surface area contributed by atoms with Crippen molar-refractivity contribution in [2.45, 2.75) is 33.1 Å². The van der Waals surface area contributed by atoms with E-state index < -0.39 is 0 Å². The number of hydrogen-bond donors (Lipinski definition) is 0. The molecule has 0 bridgehead atoms. The number of unbranched alkanes of at least 4 members (excludes halogenated alkanes) is 1. The van der Waals surface area contributed by atoms with Gasteiger partial charge in [-0.1, -0.05) is 0 Å². The molecule has 1 rings (SSSR count). The molecule has 0 saturated carbocycles. The Morgan fingerprint density at radius 2 is 2.08 bits per heavy atom. The molecule has 13 heavy (non-hydrogen) atoms. The van der Waals surface area contributed by atoms with Crippen molar-refractivity contribution in [3.05, 3.63) is 21.4 Å². The number of ether oxygens (including phenoxy) is 1. The third kappa shape index (κ3) is 3.49. The lowest BCUT2D eigenvalue weighted by Crippen LogP contribution is -1.91. The van der Waals surface area contributed by atoms with Crippen molar-refractivity contribution >= 4 is 11.3 Å². The van der Waals surface area contributed by atoms with E-state index in [1.807, 2.05) is 11.3 Å². The summed E-state index contributed by atoms with van der Waals surface area (Å²) in [4.78, 5) is 2.91. The van der Waals surface area contributed by atoms with Crippen molar-refractivity contribution in [1.82, 2.24) is 0 Å². The summed E-state index contributed by atoms with van der Waals surface area (Å²) in [6, 6.07) is 2.31. The summed E-state index contributed by atoms with van der Waals surface area (Å²) in [5.41, 5.74) is 1.53. The van der Waals surface area contributed by atoms with Gasteiger partial charge < -0.3 is 4.74 Å². The maximum absolute atomic E-state index is 5.02. The fourth-order valence-electron chi connectivity index (χ4n) is 1.49. The summed E-state index contributed by atoms with van der Waals surface area (Å²) in [7, 11) is 1.76. The Kier molecular flexibility index (Phi) is 4.46. The molecule has 0 amide bonds. The zero-order valence-electron chi connectivity index (χ0n) is 8.72. The van der Waals surface area contributed by atoms with Crippen LogP contribution in [0.4, 0.5) is 0 Å².